The zero-order valence-corrected chi connectivity index (χ0v) is 15.0. The lowest BCUT2D eigenvalue weighted by Crippen LogP contribution is -2.37. The van der Waals surface area contributed by atoms with Crippen LogP contribution in [0.15, 0.2) is 24.3 Å². The second-order valence-corrected chi connectivity index (χ2v) is 7.34. The molecule has 0 aliphatic carbocycles. The number of rotatable bonds is 5. The van der Waals surface area contributed by atoms with E-state index in [2.05, 4.69) is 5.32 Å². The largest absolute Gasteiger partial charge is 0.444 e. The highest BCUT2D eigenvalue weighted by Crippen LogP contribution is 2.30. The monoisotopic (exact) mass is 360 g/mol. The SMILES string of the molecule is CC(C)CC(=O)N1C[C@@H](CNC(=O)C2OC(=O)c3ccccc32)[C@H](O)C1. The molecule has 1 unspecified atom stereocenters. The summed E-state index contributed by atoms with van der Waals surface area (Å²) in [5, 5.41) is 12.9. The molecular weight excluding hydrogens is 336 g/mol. The number of aliphatic hydroxyl groups is 1. The second kappa shape index (κ2) is 7.45. The summed E-state index contributed by atoms with van der Waals surface area (Å²) in [5.74, 6) is -0.876. The molecule has 1 fully saturated rings. The van der Waals surface area contributed by atoms with Gasteiger partial charge in [-0.15, -0.1) is 0 Å². The van der Waals surface area contributed by atoms with Crippen LogP contribution in [0.2, 0.25) is 0 Å². The van der Waals surface area contributed by atoms with E-state index in [1.165, 1.54) is 0 Å². The summed E-state index contributed by atoms with van der Waals surface area (Å²) in [6.45, 7) is 4.87. The van der Waals surface area contributed by atoms with Gasteiger partial charge in [0.25, 0.3) is 5.91 Å². The minimum atomic E-state index is -0.962. The van der Waals surface area contributed by atoms with E-state index in [0.29, 0.717) is 24.1 Å². The molecule has 0 saturated carbocycles. The highest BCUT2D eigenvalue weighted by atomic mass is 16.6. The lowest BCUT2D eigenvalue weighted by atomic mass is 10.0. The minimum Gasteiger partial charge on any atom is -0.444 e. The lowest BCUT2D eigenvalue weighted by Gasteiger charge is -2.18. The standard InChI is InChI=1S/C19H24N2O5/c1-11(2)7-16(23)21-9-12(15(22)10-21)8-20-18(24)17-13-5-3-4-6-14(13)19(25)26-17/h3-6,11-12,15,17,22H,7-10H2,1-2H3,(H,20,24)/t12-,15-,17?/m1/s1. The number of ether oxygens (including phenoxy) is 1. The van der Waals surface area contributed by atoms with Gasteiger partial charge in [0, 0.05) is 37.5 Å². The molecule has 0 bridgehead atoms. The van der Waals surface area contributed by atoms with Gasteiger partial charge in [-0.2, -0.15) is 0 Å². The van der Waals surface area contributed by atoms with Crippen LogP contribution in [0.3, 0.4) is 0 Å². The topological polar surface area (TPSA) is 95.9 Å². The Balaban J connectivity index is 1.56. The van der Waals surface area contributed by atoms with Gasteiger partial charge in [0.2, 0.25) is 12.0 Å². The fraction of sp³-hybridized carbons (Fsp3) is 0.526. The lowest BCUT2D eigenvalue weighted by molar-refractivity contribution is -0.131. The van der Waals surface area contributed by atoms with Crippen molar-refractivity contribution in [3.8, 4) is 0 Å². The van der Waals surface area contributed by atoms with E-state index in [9.17, 15) is 19.5 Å². The maximum atomic E-state index is 12.4. The molecule has 0 spiro atoms. The van der Waals surface area contributed by atoms with Crippen LogP contribution in [0.1, 0.15) is 42.3 Å². The summed E-state index contributed by atoms with van der Waals surface area (Å²) in [7, 11) is 0. The van der Waals surface area contributed by atoms with Crippen molar-refractivity contribution in [3.63, 3.8) is 0 Å². The molecule has 2 N–H and O–H groups in total. The molecule has 2 aliphatic rings. The predicted octanol–water partition coefficient (Wildman–Crippen LogP) is 0.880. The van der Waals surface area contributed by atoms with Crippen LogP contribution in [-0.4, -0.2) is 53.5 Å². The molecule has 2 aliphatic heterocycles. The number of nitrogens with zero attached hydrogens (tertiary/aromatic N) is 1. The van der Waals surface area contributed by atoms with Crippen molar-refractivity contribution < 1.29 is 24.2 Å². The number of nitrogens with one attached hydrogen (secondary N) is 1. The normalized spacial score (nSPS) is 24.5. The minimum absolute atomic E-state index is 0.0199. The Hall–Kier alpha value is -2.41. The molecule has 2 heterocycles. The first kappa shape index (κ1) is 18.4. The Morgan fingerprint density at radius 2 is 2.04 bits per heavy atom. The van der Waals surface area contributed by atoms with E-state index in [0.717, 1.165) is 0 Å². The molecular formula is C19H24N2O5. The molecule has 7 nitrogen and oxygen atoms in total. The number of hydrogen-bond acceptors (Lipinski definition) is 5. The van der Waals surface area contributed by atoms with E-state index in [4.69, 9.17) is 4.74 Å². The molecule has 26 heavy (non-hydrogen) atoms. The maximum Gasteiger partial charge on any atom is 0.339 e. The van der Waals surface area contributed by atoms with Crippen molar-refractivity contribution >= 4 is 17.8 Å². The van der Waals surface area contributed by atoms with Gasteiger partial charge in [0.15, 0.2) is 0 Å². The molecule has 0 radical (unpaired) electrons. The zero-order chi connectivity index (χ0) is 18.8. The van der Waals surface area contributed by atoms with Gasteiger partial charge in [-0.25, -0.2) is 4.79 Å². The van der Waals surface area contributed by atoms with Crippen molar-refractivity contribution in [3.05, 3.63) is 35.4 Å². The number of hydrogen-bond donors (Lipinski definition) is 2. The first-order valence-corrected chi connectivity index (χ1v) is 8.90. The fourth-order valence-electron chi connectivity index (χ4n) is 3.40. The summed E-state index contributed by atoms with van der Waals surface area (Å²) in [4.78, 5) is 38.0. The van der Waals surface area contributed by atoms with Crippen LogP contribution in [0, 0.1) is 11.8 Å². The predicted molar refractivity (Wildman–Crippen MR) is 93.1 cm³/mol. The molecule has 0 aromatic heterocycles. The van der Waals surface area contributed by atoms with Gasteiger partial charge in [-0.05, 0) is 12.0 Å². The molecule has 1 saturated heterocycles. The maximum absolute atomic E-state index is 12.4. The third kappa shape index (κ3) is 3.72. The highest BCUT2D eigenvalue weighted by molar-refractivity contribution is 5.99. The number of likely N-dealkylation sites (tertiary alicyclic amines) is 1. The van der Waals surface area contributed by atoms with Gasteiger partial charge in [-0.1, -0.05) is 32.0 Å². The number of benzene rings is 1. The molecule has 2 amide bonds. The van der Waals surface area contributed by atoms with Gasteiger partial charge in [0.05, 0.1) is 11.7 Å². The van der Waals surface area contributed by atoms with Gasteiger partial charge < -0.3 is 20.1 Å². The van der Waals surface area contributed by atoms with E-state index >= 15 is 0 Å². The van der Waals surface area contributed by atoms with Gasteiger partial charge in [-0.3, -0.25) is 9.59 Å². The summed E-state index contributed by atoms with van der Waals surface area (Å²) in [6.07, 6.45) is -1.19. The summed E-state index contributed by atoms with van der Waals surface area (Å²) in [5.41, 5.74) is 0.953. The number of carbonyl (C=O) groups is 3. The van der Waals surface area contributed by atoms with Gasteiger partial charge in [0.1, 0.15) is 0 Å². The molecule has 3 rings (SSSR count). The molecule has 140 valence electrons. The first-order chi connectivity index (χ1) is 12.4. The second-order valence-electron chi connectivity index (χ2n) is 7.34. The summed E-state index contributed by atoms with van der Waals surface area (Å²) < 4.78 is 5.16. The smallest absolute Gasteiger partial charge is 0.339 e. The zero-order valence-electron chi connectivity index (χ0n) is 15.0. The number of carbonyl (C=O) groups excluding carboxylic acids is 3. The first-order valence-electron chi connectivity index (χ1n) is 8.90. The van der Waals surface area contributed by atoms with Crippen molar-refractivity contribution in [2.24, 2.45) is 11.8 Å². The average molecular weight is 360 g/mol. The highest BCUT2D eigenvalue weighted by Gasteiger charge is 2.38. The Morgan fingerprint density at radius 1 is 1.31 bits per heavy atom. The summed E-state index contributed by atoms with van der Waals surface area (Å²) >= 11 is 0. The number of aliphatic hydroxyl groups excluding tert-OH is 1. The van der Waals surface area contributed by atoms with E-state index in [1.54, 1.807) is 29.2 Å². The van der Waals surface area contributed by atoms with Gasteiger partial charge >= 0.3 is 5.97 Å². The van der Waals surface area contributed by atoms with Crippen LogP contribution < -0.4 is 5.32 Å². The van der Waals surface area contributed by atoms with E-state index < -0.39 is 24.1 Å². The van der Waals surface area contributed by atoms with Crippen molar-refractivity contribution in [1.29, 1.82) is 0 Å². The van der Waals surface area contributed by atoms with Crippen molar-refractivity contribution in [2.75, 3.05) is 19.6 Å². The van der Waals surface area contributed by atoms with E-state index in [1.807, 2.05) is 13.8 Å². The Morgan fingerprint density at radius 3 is 2.77 bits per heavy atom. The molecule has 3 atom stereocenters. The number of esters is 1. The molecule has 1 aromatic rings. The van der Waals surface area contributed by atoms with Crippen molar-refractivity contribution in [1.82, 2.24) is 10.2 Å². The molecule has 7 heteroatoms. The number of amides is 2. The third-order valence-corrected chi connectivity index (χ3v) is 4.81. The van der Waals surface area contributed by atoms with Crippen molar-refractivity contribution in [2.45, 2.75) is 32.5 Å². The Kier molecular flexibility index (Phi) is 5.27. The van der Waals surface area contributed by atoms with Crippen LogP contribution in [0.4, 0.5) is 0 Å². The Labute approximate surface area is 152 Å². The van der Waals surface area contributed by atoms with Crippen LogP contribution in [0.25, 0.3) is 0 Å². The number of β-amino-alcohol motifs (C(OH)–C–C–N with tert-alkyl or cyclic N) is 1. The average Bonchev–Trinajstić information content (AvgIpc) is 3.13. The van der Waals surface area contributed by atoms with Crippen LogP contribution >= 0.6 is 0 Å². The third-order valence-electron chi connectivity index (χ3n) is 4.81. The number of cyclic esters (lactones) is 1. The van der Waals surface area contributed by atoms with Crippen LogP contribution in [-0.2, 0) is 14.3 Å². The Bertz CT molecular complexity index is 718. The quantitative estimate of drug-likeness (QED) is 0.760. The molecule has 1 aromatic carbocycles. The fourth-order valence-corrected chi connectivity index (χ4v) is 3.40. The number of fused-ring (bicyclic) bond motifs is 1. The van der Waals surface area contributed by atoms with E-state index in [-0.39, 0.29) is 30.8 Å². The van der Waals surface area contributed by atoms with Crippen LogP contribution in [0.5, 0.6) is 0 Å². The summed E-state index contributed by atoms with van der Waals surface area (Å²) in [6, 6.07) is 6.79.